The molecule has 0 saturated carbocycles. The third-order valence-electron chi connectivity index (χ3n) is 7.66. The van der Waals surface area contributed by atoms with Crippen molar-refractivity contribution in [2.24, 2.45) is 0 Å². The molecule has 2 heterocycles. The maximum Gasteiger partial charge on any atom is 0.258 e. The molecule has 1 aromatic heterocycles. The van der Waals surface area contributed by atoms with Gasteiger partial charge in [-0.2, -0.15) is 5.10 Å². The largest absolute Gasteiger partial charge is 0.493 e. The molecule has 1 N–H and O–H groups in total. The molecule has 10 heteroatoms. The molecule has 0 spiro atoms. The van der Waals surface area contributed by atoms with Crippen molar-refractivity contribution in [1.29, 1.82) is 0 Å². The number of anilines is 1. The van der Waals surface area contributed by atoms with Crippen LogP contribution < -0.4 is 14.8 Å². The molecule has 0 radical (unpaired) electrons. The van der Waals surface area contributed by atoms with Gasteiger partial charge in [0.25, 0.3) is 5.91 Å². The number of rotatable bonds is 6. The fraction of sp³-hybridized carbons (Fsp3) is 0.306. The van der Waals surface area contributed by atoms with Crippen LogP contribution in [0.25, 0.3) is 0 Å². The molecule has 0 atom stereocenters. The van der Waals surface area contributed by atoms with Crippen molar-refractivity contribution in [1.82, 2.24) is 19.6 Å². The van der Waals surface area contributed by atoms with Crippen LogP contribution in [0.4, 0.5) is 5.69 Å². The van der Waals surface area contributed by atoms with Crippen molar-refractivity contribution in [3.05, 3.63) is 119 Å². The summed E-state index contributed by atoms with van der Waals surface area (Å²) in [6.45, 7) is 7.41. The average molecular weight is 642 g/mol. The van der Waals surface area contributed by atoms with Gasteiger partial charge in [0.1, 0.15) is 18.1 Å². The number of aromatic nitrogens is 2. The highest BCUT2D eigenvalue weighted by Crippen LogP contribution is 2.28. The summed E-state index contributed by atoms with van der Waals surface area (Å²) in [6, 6.07) is 22.8. The summed E-state index contributed by atoms with van der Waals surface area (Å²) in [6.07, 6.45) is 6.45. The predicted octanol–water partition coefficient (Wildman–Crippen LogP) is 6.37. The van der Waals surface area contributed by atoms with Crippen molar-refractivity contribution in [2.45, 2.75) is 39.9 Å². The van der Waals surface area contributed by atoms with Crippen LogP contribution in [0.3, 0.4) is 0 Å². The van der Waals surface area contributed by atoms with E-state index in [1.807, 2.05) is 86.8 Å². The topological polar surface area (TPSA) is 88.9 Å². The maximum absolute atomic E-state index is 14.2. The molecule has 9 nitrogen and oxygen atoms in total. The first-order valence-electron chi connectivity index (χ1n) is 15.6. The predicted molar refractivity (Wildman–Crippen MR) is 180 cm³/mol. The Kier molecular flexibility index (Phi) is 11.5. The van der Waals surface area contributed by atoms with E-state index in [0.29, 0.717) is 73.6 Å². The number of benzene rings is 3. The van der Waals surface area contributed by atoms with Gasteiger partial charge in [-0.15, -0.1) is 0 Å². The zero-order valence-electron chi connectivity index (χ0n) is 26.3. The van der Waals surface area contributed by atoms with Crippen LogP contribution in [0.15, 0.2) is 91.1 Å². The zero-order valence-corrected chi connectivity index (χ0v) is 27.1. The zero-order chi connectivity index (χ0) is 32.3. The first-order chi connectivity index (χ1) is 22.4. The molecular weight excluding hydrogens is 602 g/mol. The summed E-state index contributed by atoms with van der Waals surface area (Å²) in [5.41, 5.74) is 3.78. The summed E-state index contributed by atoms with van der Waals surface area (Å²) in [5, 5.41) is 7.87. The normalized spacial score (nSPS) is 15.5. The van der Waals surface area contributed by atoms with Crippen LogP contribution in [0, 0.1) is 6.92 Å². The van der Waals surface area contributed by atoms with Gasteiger partial charge in [-0.1, -0.05) is 72.3 Å². The van der Waals surface area contributed by atoms with E-state index < -0.39 is 0 Å². The fourth-order valence-electron chi connectivity index (χ4n) is 5.28. The third kappa shape index (κ3) is 8.99. The average Bonchev–Trinajstić information content (AvgIpc) is 3.41. The number of nitrogens with zero attached hydrogens (tertiary/aromatic N) is 4. The van der Waals surface area contributed by atoms with Crippen molar-refractivity contribution in [3.8, 4) is 11.5 Å². The Labute approximate surface area is 275 Å². The Balaban J connectivity index is 1.38. The lowest BCUT2D eigenvalue weighted by Crippen LogP contribution is -2.35. The molecule has 0 bridgehead atoms. The van der Waals surface area contributed by atoms with Gasteiger partial charge in [0.2, 0.25) is 5.91 Å². The number of ether oxygens (including phenoxy) is 2. The highest BCUT2D eigenvalue weighted by Gasteiger charge is 2.23. The van der Waals surface area contributed by atoms with Crippen molar-refractivity contribution in [3.63, 3.8) is 0 Å². The lowest BCUT2D eigenvalue weighted by Gasteiger charge is -2.25. The summed E-state index contributed by atoms with van der Waals surface area (Å²) in [7, 11) is 0. The molecule has 0 aliphatic carbocycles. The quantitative estimate of drug-likeness (QED) is 0.246. The standard InChI is InChI=1S/C36H40ClN5O4/c1-3-42-25-32(27(2)39-42)38-35(43)26-40-18-9-10-20-45-33-15-8-7-14-29(33)24-41(23-28-12-5-4-6-13-28)36(44)31-22-30(37)16-17-34(31)46-21-11-19-40/h4-10,12-17,22,25H,3,11,18-21,23-24,26H2,1-2H3,(H,38,43)/b10-9+. The summed E-state index contributed by atoms with van der Waals surface area (Å²) in [4.78, 5) is 31.1. The number of nitrogens with one attached hydrogen (secondary N) is 1. The lowest BCUT2D eigenvalue weighted by atomic mass is 10.1. The Morgan fingerprint density at radius 1 is 1.00 bits per heavy atom. The number of para-hydroxylation sites is 1. The number of hydrogen-bond donors (Lipinski definition) is 1. The maximum atomic E-state index is 14.2. The van der Waals surface area contributed by atoms with Gasteiger partial charge in [-0.3, -0.25) is 19.2 Å². The molecule has 1 aliphatic heterocycles. The van der Waals surface area contributed by atoms with Crippen LogP contribution in [-0.4, -0.2) is 64.2 Å². The van der Waals surface area contributed by atoms with Crippen LogP contribution in [-0.2, 0) is 24.4 Å². The molecule has 2 amide bonds. The van der Waals surface area contributed by atoms with Gasteiger partial charge in [0.05, 0.1) is 30.1 Å². The number of carbonyl (C=O) groups is 2. The van der Waals surface area contributed by atoms with Crippen LogP contribution in [0.1, 0.15) is 40.5 Å². The van der Waals surface area contributed by atoms with Crippen LogP contribution >= 0.6 is 11.6 Å². The number of aryl methyl sites for hydroxylation is 2. The second-order valence-electron chi connectivity index (χ2n) is 11.1. The SMILES string of the molecule is CCn1cc(NC(=O)CN2C/C=C/COc3ccccc3CN(Cc3ccccc3)C(=O)c3cc(Cl)ccc3OCCC2)c(C)n1. The van der Waals surface area contributed by atoms with E-state index in [1.54, 1.807) is 27.8 Å². The number of halogens is 1. The van der Waals surface area contributed by atoms with Gasteiger partial charge in [0, 0.05) is 49.5 Å². The summed E-state index contributed by atoms with van der Waals surface area (Å²) >= 11 is 6.40. The fourth-order valence-corrected chi connectivity index (χ4v) is 5.45. The molecule has 46 heavy (non-hydrogen) atoms. The van der Waals surface area contributed by atoms with Gasteiger partial charge >= 0.3 is 0 Å². The Morgan fingerprint density at radius 2 is 1.80 bits per heavy atom. The van der Waals surface area contributed by atoms with E-state index in [2.05, 4.69) is 15.3 Å². The summed E-state index contributed by atoms with van der Waals surface area (Å²) in [5.74, 6) is 0.853. The van der Waals surface area contributed by atoms with Crippen LogP contribution in [0.2, 0.25) is 5.02 Å². The minimum absolute atomic E-state index is 0.117. The van der Waals surface area contributed by atoms with Crippen molar-refractivity contribution >= 4 is 29.1 Å². The molecule has 0 saturated heterocycles. The molecule has 1 aliphatic rings. The highest BCUT2D eigenvalue weighted by molar-refractivity contribution is 6.31. The monoisotopic (exact) mass is 641 g/mol. The van der Waals surface area contributed by atoms with E-state index in [4.69, 9.17) is 21.1 Å². The summed E-state index contributed by atoms with van der Waals surface area (Å²) < 4.78 is 14.2. The Hall–Kier alpha value is -4.60. The minimum Gasteiger partial charge on any atom is -0.493 e. The van der Waals surface area contributed by atoms with E-state index in [1.165, 1.54) is 0 Å². The van der Waals surface area contributed by atoms with E-state index in [-0.39, 0.29) is 18.4 Å². The molecule has 0 fully saturated rings. The number of hydrogen-bond acceptors (Lipinski definition) is 6. The van der Waals surface area contributed by atoms with E-state index in [0.717, 1.165) is 23.4 Å². The molecule has 3 aromatic carbocycles. The van der Waals surface area contributed by atoms with Crippen molar-refractivity contribution < 1.29 is 19.1 Å². The van der Waals surface area contributed by atoms with Gasteiger partial charge in [0.15, 0.2) is 0 Å². The van der Waals surface area contributed by atoms with Crippen LogP contribution in [0.5, 0.6) is 11.5 Å². The molecule has 5 rings (SSSR count). The smallest absolute Gasteiger partial charge is 0.258 e. The van der Waals surface area contributed by atoms with Gasteiger partial charge in [-0.25, -0.2) is 0 Å². The number of fused-ring (bicyclic) bond motifs is 2. The van der Waals surface area contributed by atoms with Crippen molar-refractivity contribution in [2.75, 3.05) is 38.2 Å². The number of amides is 2. The van der Waals surface area contributed by atoms with E-state index >= 15 is 0 Å². The van der Waals surface area contributed by atoms with Gasteiger partial charge in [-0.05, 0) is 50.1 Å². The Bertz CT molecular complexity index is 1660. The minimum atomic E-state index is -0.194. The molecule has 240 valence electrons. The lowest BCUT2D eigenvalue weighted by molar-refractivity contribution is -0.117. The first-order valence-corrected chi connectivity index (χ1v) is 15.9. The first kappa shape index (κ1) is 32.8. The molecular formula is C36H40ClN5O4. The molecule has 4 aromatic rings. The third-order valence-corrected chi connectivity index (χ3v) is 7.90. The van der Waals surface area contributed by atoms with Gasteiger partial charge < -0.3 is 19.7 Å². The highest BCUT2D eigenvalue weighted by atomic mass is 35.5. The van der Waals surface area contributed by atoms with E-state index in [9.17, 15) is 9.59 Å². The second-order valence-corrected chi connectivity index (χ2v) is 11.6. The molecule has 0 unspecified atom stereocenters. The second kappa shape index (κ2) is 16.1. The number of carbonyl (C=O) groups excluding carboxylic acids is 2. The Morgan fingerprint density at radius 3 is 2.61 bits per heavy atom.